The molecule has 1 amide bonds. The number of rotatable bonds is 5. The maximum atomic E-state index is 13.3. The highest BCUT2D eigenvalue weighted by molar-refractivity contribution is 5.93. The third kappa shape index (κ3) is 2.90. The molecule has 6 nitrogen and oxygen atoms in total. The minimum Gasteiger partial charge on any atom is -0.476 e. The van der Waals surface area contributed by atoms with E-state index in [1.807, 2.05) is 0 Å². The van der Waals surface area contributed by atoms with Crippen LogP contribution in [0.3, 0.4) is 0 Å². The number of hydrogen-bond acceptors (Lipinski definition) is 5. The van der Waals surface area contributed by atoms with Gasteiger partial charge >= 0.3 is 0 Å². The Morgan fingerprint density at radius 3 is 2.77 bits per heavy atom. The van der Waals surface area contributed by atoms with Crippen LogP contribution < -0.4 is 9.64 Å². The predicted molar refractivity (Wildman–Crippen MR) is 88.8 cm³/mol. The van der Waals surface area contributed by atoms with E-state index >= 15 is 0 Å². The third-order valence-corrected chi connectivity index (χ3v) is 5.56. The Morgan fingerprint density at radius 1 is 1.35 bits per heavy atom. The van der Waals surface area contributed by atoms with Crippen LogP contribution in [0.15, 0.2) is 12.1 Å². The normalized spacial score (nSPS) is 29.0. The molecule has 0 unspecified atom stereocenters. The Morgan fingerprint density at radius 2 is 2.15 bits per heavy atom. The average molecular weight is 365 g/mol. The molecule has 26 heavy (non-hydrogen) atoms. The standard InChI is InChI=1S/C18H21F2N3O3/c19-18(20)9-22(10-18)15-4-3-14(21-16(15)26-7-11-1-2-11)17(24)23-6-13-5-12(23)8-25-13/h3-4,11-13H,1-2,5-10H2/t12-,13-/m0/s1. The van der Waals surface area contributed by atoms with Crippen LogP contribution in [0, 0.1) is 5.92 Å². The van der Waals surface area contributed by atoms with E-state index in [9.17, 15) is 13.6 Å². The van der Waals surface area contributed by atoms with Gasteiger partial charge < -0.3 is 19.3 Å². The van der Waals surface area contributed by atoms with Gasteiger partial charge in [0.15, 0.2) is 0 Å². The smallest absolute Gasteiger partial charge is 0.282 e. The van der Waals surface area contributed by atoms with Gasteiger partial charge in [-0.3, -0.25) is 4.79 Å². The third-order valence-electron chi connectivity index (χ3n) is 5.56. The Hall–Kier alpha value is -1.96. The lowest BCUT2D eigenvalue weighted by atomic mass is 10.1. The lowest BCUT2D eigenvalue weighted by Crippen LogP contribution is -2.56. The van der Waals surface area contributed by atoms with E-state index in [0.717, 1.165) is 19.3 Å². The number of halogens is 2. The van der Waals surface area contributed by atoms with Crippen molar-refractivity contribution in [2.24, 2.45) is 5.92 Å². The van der Waals surface area contributed by atoms with Gasteiger partial charge in [-0.05, 0) is 37.3 Å². The van der Waals surface area contributed by atoms with Gasteiger partial charge in [0, 0.05) is 6.54 Å². The summed E-state index contributed by atoms with van der Waals surface area (Å²) in [7, 11) is 0. The van der Waals surface area contributed by atoms with Gasteiger partial charge in [-0.1, -0.05) is 0 Å². The molecule has 1 aliphatic carbocycles. The monoisotopic (exact) mass is 365 g/mol. The maximum absolute atomic E-state index is 13.3. The number of carbonyl (C=O) groups is 1. The number of anilines is 1. The summed E-state index contributed by atoms with van der Waals surface area (Å²) in [5, 5.41) is 0. The topological polar surface area (TPSA) is 54.9 Å². The summed E-state index contributed by atoms with van der Waals surface area (Å²) < 4.78 is 37.9. The summed E-state index contributed by atoms with van der Waals surface area (Å²) >= 11 is 0. The molecule has 2 bridgehead atoms. The molecule has 0 aromatic carbocycles. The van der Waals surface area contributed by atoms with Crippen molar-refractivity contribution in [1.29, 1.82) is 0 Å². The zero-order valence-electron chi connectivity index (χ0n) is 14.4. The zero-order chi connectivity index (χ0) is 17.9. The summed E-state index contributed by atoms with van der Waals surface area (Å²) in [6.45, 7) is 1.00. The lowest BCUT2D eigenvalue weighted by Gasteiger charge is -2.40. The highest BCUT2D eigenvalue weighted by Crippen LogP contribution is 2.38. The van der Waals surface area contributed by atoms with Crippen molar-refractivity contribution in [3.8, 4) is 5.88 Å². The Labute approximate surface area is 150 Å². The molecule has 0 N–H and O–H groups in total. The van der Waals surface area contributed by atoms with Crippen molar-refractivity contribution >= 4 is 11.6 Å². The van der Waals surface area contributed by atoms with Gasteiger partial charge in [0.05, 0.1) is 38.4 Å². The molecule has 140 valence electrons. The summed E-state index contributed by atoms with van der Waals surface area (Å²) in [5.41, 5.74) is 0.846. The first-order chi connectivity index (χ1) is 12.5. The van der Waals surface area contributed by atoms with E-state index in [1.165, 1.54) is 0 Å². The maximum Gasteiger partial charge on any atom is 0.282 e. The van der Waals surface area contributed by atoms with E-state index < -0.39 is 5.92 Å². The fourth-order valence-electron chi connectivity index (χ4n) is 3.86. The number of amides is 1. The Bertz CT molecular complexity index is 732. The number of carbonyl (C=O) groups excluding carboxylic acids is 1. The van der Waals surface area contributed by atoms with E-state index in [0.29, 0.717) is 42.9 Å². The van der Waals surface area contributed by atoms with Gasteiger partial charge in [0.1, 0.15) is 11.4 Å². The van der Waals surface area contributed by atoms with Crippen molar-refractivity contribution in [3.05, 3.63) is 17.8 Å². The van der Waals surface area contributed by atoms with Crippen LogP contribution in [0.2, 0.25) is 0 Å². The number of hydrogen-bond donors (Lipinski definition) is 0. The highest BCUT2D eigenvalue weighted by atomic mass is 19.3. The average Bonchev–Trinajstić information content (AvgIpc) is 3.19. The summed E-state index contributed by atoms with van der Waals surface area (Å²) in [6.07, 6.45) is 3.23. The number of aromatic nitrogens is 1. The molecule has 3 saturated heterocycles. The van der Waals surface area contributed by atoms with Crippen LogP contribution in [0.25, 0.3) is 0 Å². The first-order valence-corrected chi connectivity index (χ1v) is 9.18. The number of alkyl halides is 2. The lowest BCUT2D eigenvalue weighted by molar-refractivity contribution is -0.0265. The van der Waals surface area contributed by atoms with Crippen molar-refractivity contribution < 1.29 is 23.0 Å². The molecule has 1 aromatic rings. The van der Waals surface area contributed by atoms with E-state index in [4.69, 9.17) is 9.47 Å². The first kappa shape index (κ1) is 16.2. The van der Waals surface area contributed by atoms with Gasteiger partial charge in [0.2, 0.25) is 5.88 Å². The minimum atomic E-state index is -2.67. The molecule has 4 heterocycles. The fraction of sp³-hybridized carbons (Fsp3) is 0.667. The molecule has 3 aliphatic heterocycles. The van der Waals surface area contributed by atoms with Gasteiger partial charge in [0.25, 0.3) is 11.8 Å². The second-order valence-corrected chi connectivity index (χ2v) is 7.79. The molecule has 4 aliphatic rings. The van der Waals surface area contributed by atoms with Crippen LogP contribution in [-0.4, -0.2) is 66.7 Å². The quantitative estimate of drug-likeness (QED) is 0.798. The van der Waals surface area contributed by atoms with E-state index in [1.54, 1.807) is 21.9 Å². The van der Waals surface area contributed by atoms with Crippen LogP contribution >= 0.6 is 0 Å². The van der Waals surface area contributed by atoms with E-state index in [2.05, 4.69) is 4.98 Å². The second-order valence-electron chi connectivity index (χ2n) is 7.79. The summed E-state index contributed by atoms with van der Waals surface area (Å²) in [5.74, 6) is -2.01. The summed E-state index contributed by atoms with van der Waals surface area (Å²) in [6, 6.07) is 3.41. The molecular weight excluding hydrogens is 344 g/mol. The molecule has 0 spiro atoms. The number of pyridine rings is 1. The number of morpholine rings is 1. The number of fused-ring (bicyclic) bond motifs is 2. The number of likely N-dealkylation sites (tertiary alicyclic amines) is 1. The second kappa shape index (κ2) is 5.77. The summed E-state index contributed by atoms with van der Waals surface area (Å²) in [4.78, 5) is 20.6. The van der Waals surface area contributed by atoms with Gasteiger partial charge in [-0.25, -0.2) is 13.8 Å². The fourth-order valence-corrected chi connectivity index (χ4v) is 3.86. The van der Waals surface area contributed by atoms with Crippen molar-refractivity contribution in [3.63, 3.8) is 0 Å². The van der Waals surface area contributed by atoms with Crippen LogP contribution in [0.5, 0.6) is 5.88 Å². The minimum absolute atomic E-state index is 0.110. The van der Waals surface area contributed by atoms with Gasteiger partial charge in [-0.15, -0.1) is 0 Å². The molecule has 1 aromatic heterocycles. The van der Waals surface area contributed by atoms with Crippen LogP contribution in [0.4, 0.5) is 14.5 Å². The molecule has 1 saturated carbocycles. The first-order valence-electron chi connectivity index (χ1n) is 9.18. The Kier molecular flexibility index (Phi) is 3.60. The molecule has 4 fully saturated rings. The zero-order valence-corrected chi connectivity index (χ0v) is 14.4. The van der Waals surface area contributed by atoms with Gasteiger partial charge in [-0.2, -0.15) is 0 Å². The number of ether oxygens (including phenoxy) is 2. The van der Waals surface area contributed by atoms with Crippen LogP contribution in [0.1, 0.15) is 29.8 Å². The Balaban J connectivity index is 1.37. The largest absolute Gasteiger partial charge is 0.476 e. The molecule has 8 heteroatoms. The predicted octanol–water partition coefficient (Wildman–Crippen LogP) is 1.94. The molecule has 5 rings (SSSR count). The van der Waals surface area contributed by atoms with Crippen LogP contribution in [-0.2, 0) is 4.74 Å². The van der Waals surface area contributed by atoms with Crippen molar-refractivity contribution in [2.75, 3.05) is 37.7 Å². The highest BCUT2D eigenvalue weighted by Gasteiger charge is 2.46. The molecular formula is C18H21F2N3O3. The SMILES string of the molecule is O=C(c1ccc(N2CC(F)(F)C2)c(OCC2CC2)n1)N1C[C@@H]2C[C@H]1CO2. The molecule has 2 atom stereocenters. The van der Waals surface area contributed by atoms with E-state index in [-0.39, 0.29) is 31.1 Å². The molecule has 0 radical (unpaired) electrons. The number of nitrogens with zero attached hydrogens (tertiary/aromatic N) is 3. The van der Waals surface area contributed by atoms with Crippen molar-refractivity contribution in [2.45, 2.75) is 37.3 Å². The van der Waals surface area contributed by atoms with Crippen molar-refractivity contribution in [1.82, 2.24) is 9.88 Å².